The smallest absolute Gasteiger partial charge is 0.157 e. The van der Waals surface area contributed by atoms with Gasteiger partial charge in [0, 0.05) is 11.3 Å². The monoisotopic (exact) mass is 211 g/mol. The number of nitrogens with two attached hydrogens (primary N) is 1. The Hall–Kier alpha value is -0.670. The molecule has 0 aliphatic heterocycles. The molecule has 78 valence electrons. The van der Waals surface area contributed by atoms with Gasteiger partial charge >= 0.3 is 0 Å². The maximum atomic E-state index is 11.9. The third-order valence-electron chi connectivity index (χ3n) is 2.73. The normalized spacial score (nSPS) is 11.6. The van der Waals surface area contributed by atoms with Crippen molar-refractivity contribution in [3.63, 3.8) is 0 Å². The predicted molar refractivity (Wildman–Crippen MR) is 60.5 cm³/mol. The van der Waals surface area contributed by atoms with Gasteiger partial charge in [-0.2, -0.15) is 0 Å². The van der Waals surface area contributed by atoms with E-state index in [1.807, 2.05) is 31.4 Å². The molecule has 1 aromatic rings. The Kier molecular flexibility index (Phi) is 3.84. The van der Waals surface area contributed by atoms with Gasteiger partial charge in [0.25, 0.3) is 0 Å². The number of hydrogen-bond donors (Lipinski definition) is 1. The highest BCUT2D eigenvalue weighted by Gasteiger charge is 2.29. The van der Waals surface area contributed by atoms with E-state index >= 15 is 0 Å². The third kappa shape index (κ3) is 2.42. The maximum absolute atomic E-state index is 11.9. The summed E-state index contributed by atoms with van der Waals surface area (Å²) in [5.74, 6) is 0.157. The molecule has 1 heterocycles. The molecule has 0 amide bonds. The number of ketones is 1. The van der Waals surface area contributed by atoms with E-state index in [-0.39, 0.29) is 5.78 Å². The molecule has 0 radical (unpaired) electrons. The SMILES string of the molecule is CCC(N)(CC)C(=O)Cc1cccs1. The average molecular weight is 211 g/mol. The molecule has 0 saturated heterocycles. The van der Waals surface area contributed by atoms with E-state index in [0.717, 1.165) is 4.88 Å². The molecule has 0 fully saturated rings. The lowest BCUT2D eigenvalue weighted by Crippen LogP contribution is -2.47. The topological polar surface area (TPSA) is 43.1 Å². The summed E-state index contributed by atoms with van der Waals surface area (Å²) >= 11 is 1.61. The fourth-order valence-electron chi connectivity index (χ4n) is 1.39. The van der Waals surface area contributed by atoms with Crippen LogP contribution in [0.15, 0.2) is 17.5 Å². The summed E-state index contributed by atoms with van der Waals surface area (Å²) < 4.78 is 0. The summed E-state index contributed by atoms with van der Waals surface area (Å²) in [6, 6.07) is 3.94. The zero-order valence-electron chi connectivity index (χ0n) is 8.75. The first-order valence-electron chi connectivity index (χ1n) is 4.97. The van der Waals surface area contributed by atoms with Crippen molar-refractivity contribution in [2.24, 2.45) is 5.73 Å². The number of Topliss-reactive ketones (excluding diaryl/α,β-unsaturated/α-hetero) is 1. The van der Waals surface area contributed by atoms with Gasteiger partial charge in [0.15, 0.2) is 5.78 Å². The van der Waals surface area contributed by atoms with E-state index in [2.05, 4.69) is 0 Å². The number of thiophene rings is 1. The molecule has 0 atom stereocenters. The lowest BCUT2D eigenvalue weighted by molar-refractivity contribution is -0.123. The minimum atomic E-state index is -0.621. The molecule has 3 heteroatoms. The van der Waals surface area contributed by atoms with E-state index < -0.39 is 5.54 Å². The summed E-state index contributed by atoms with van der Waals surface area (Å²) in [5.41, 5.74) is 5.39. The van der Waals surface area contributed by atoms with Crippen molar-refractivity contribution in [3.05, 3.63) is 22.4 Å². The van der Waals surface area contributed by atoms with E-state index in [1.54, 1.807) is 11.3 Å². The molecule has 0 aromatic carbocycles. The highest BCUT2D eigenvalue weighted by Crippen LogP contribution is 2.18. The Morgan fingerprint density at radius 3 is 2.57 bits per heavy atom. The van der Waals surface area contributed by atoms with Gasteiger partial charge < -0.3 is 5.73 Å². The number of hydrogen-bond acceptors (Lipinski definition) is 3. The number of rotatable bonds is 5. The second kappa shape index (κ2) is 4.71. The number of carbonyl (C=O) groups is 1. The summed E-state index contributed by atoms with van der Waals surface area (Å²) in [6.45, 7) is 3.94. The molecule has 2 N–H and O–H groups in total. The van der Waals surface area contributed by atoms with Gasteiger partial charge in [-0.15, -0.1) is 11.3 Å². The van der Waals surface area contributed by atoms with Crippen LogP contribution in [0.4, 0.5) is 0 Å². The standard InChI is InChI=1S/C11H17NOS/c1-3-11(12,4-2)10(13)8-9-6-5-7-14-9/h5-7H,3-4,8,12H2,1-2H3. The first kappa shape index (κ1) is 11.4. The van der Waals surface area contributed by atoms with Gasteiger partial charge in [0.05, 0.1) is 5.54 Å². The largest absolute Gasteiger partial charge is 0.319 e. The van der Waals surface area contributed by atoms with Crippen molar-refractivity contribution in [2.75, 3.05) is 0 Å². The quantitative estimate of drug-likeness (QED) is 0.812. The Bertz CT molecular complexity index is 288. The molecule has 0 aliphatic rings. The van der Waals surface area contributed by atoms with Crippen LogP contribution < -0.4 is 5.73 Å². The van der Waals surface area contributed by atoms with Crippen molar-refractivity contribution in [3.8, 4) is 0 Å². The van der Waals surface area contributed by atoms with Gasteiger partial charge in [0.1, 0.15) is 0 Å². The molecule has 0 spiro atoms. The van der Waals surface area contributed by atoms with Crippen LogP contribution in [0.2, 0.25) is 0 Å². The molecule has 1 rings (SSSR count). The summed E-state index contributed by atoms with van der Waals surface area (Å²) in [4.78, 5) is 13.0. The fraction of sp³-hybridized carbons (Fsp3) is 0.545. The van der Waals surface area contributed by atoms with Gasteiger partial charge in [-0.05, 0) is 24.3 Å². The molecular formula is C11H17NOS. The number of carbonyl (C=O) groups excluding carboxylic acids is 1. The minimum absolute atomic E-state index is 0.157. The molecule has 2 nitrogen and oxygen atoms in total. The zero-order chi connectivity index (χ0) is 10.6. The van der Waals surface area contributed by atoms with E-state index in [9.17, 15) is 4.79 Å². The maximum Gasteiger partial charge on any atom is 0.157 e. The summed E-state index contributed by atoms with van der Waals surface area (Å²) in [5, 5.41) is 1.98. The van der Waals surface area contributed by atoms with Crippen molar-refractivity contribution in [1.29, 1.82) is 0 Å². The fourth-order valence-corrected chi connectivity index (χ4v) is 2.10. The van der Waals surface area contributed by atoms with Gasteiger partial charge in [0.2, 0.25) is 0 Å². The van der Waals surface area contributed by atoms with Crippen LogP contribution in [0.3, 0.4) is 0 Å². The van der Waals surface area contributed by atoms with Gasteiger partial charge in [-0.1, -0.05) is 19.9 Å². The first-order valence-corrected chi connectivity index (χ1v) is 5.85. The lowest BCUT2D eigenvalue weighted by Gasteiger charge is -2.24. The van der Waals surface area contributed by atoms with E-state index in [4.69, 9.17) is 5.73 Å². The summed E-state index contributed by atoms with van der Waals surface area (Å²) in [7, 11) is 0. The Balaban J connectivity index is 2.66. The Morgan fingerprint density at radius 1 is 1.50 bits per heavy atom. The van der Waals surface area contributed by atoms with Crippen molar-refractivity contribution in [1.82, 2.24) is 0 Å². The lowest BCUT2D eigenvalue weighted by atomic mass is 9.87. The van der Waals surface area contributed by atoms with Crippen LogP contribution >= 0.6 is 11.3 Å². The van der Waals surface area contributed by atoms with Crippen molar-refractivity contribution >= 4 is 17.1 Å². The highest BCUT2D eigenvalue weighted by molar-refractivity contribution is 7.10. The second-order valence-electron chi connectivity index (χ2n) is 3.54. The van der Waals surface area contributed by atoms with Gasteiger partial charge in [-0.25, -0.2) is 0 Å². The molecule has 0 saturated carbocycles. The van der Waals surface area contributed by atoms with E-state index in [1.165, 1.54) is 0 Å². The Morgan fingerprint density at radius 2 is 2.14 bits per heavy atom. The molecule has 1 aromatic heterocycles. The highest BCUT2D eigenvalue weighted by atomic mass is 32.1. The Labute approximate surface area is 89.1 Å². The first-order chi connectivity index (χ1) is 6.62. The van der Waals surface area contributed by atoms with Crippen LogP contribution in [-0.2, 0) is 11.2 Å². The van der Waals surface area contributed by atoms with Crippen LogP contribution in [0.25, 0.3) is 0 Å². The minimum Gasteiger partial charge on any atom is -0.319 e. The molecule has 0 aliphatic carbocycles. The summed E-state index contributed by atoms with van der Waals surface area (Å²) in [6.07, 6.45) is 1.91. The average Bonchev–Trinajstić information content (AvgIpc) is 2.69. The predicted octanol–water partition coefficient (Wildman–Crippen LogP) is 2.38. The molecule has 0 unspecified atom stereocenters. The van der Waals surface area contributed by atoms with E-state index in [0.29, 0.717) is 19.3 Å². The van der Waals surface area contributed by atoms with Crippen molar-refractivity contribution < 1.29 is 4.79 Å². The van der Waals surface area contributed by atoms with Gasteiger partial charge in [-0.3, -0.25) is 4.79 Å². The zero-order valence-corrected chi connectivity index (χ0v) is 9.56. The second-order valence-corrected chi connectivity index (χ2v) is 4.57. The van der Waals surface area contributed by atoms with Crippen LogP contribution in [0, 0.1) is 0 Å². The molecule has 14 heavy (non-hydrogen) atoms. The molecule has 0 bridgehead atoms. The van der Waals surface area contributed by atoms with Crippen LogP contribution in [-0.4, -0.2) is 11.3 Å². The van der Waals surface area contributed by atoms with Crippen molar-refractivity contribution in [2.45, 2.75) is 38.6 Å². The molecular weight excluding hydrogens is 194 g/mol. The third-order valence-corrected chi connectivity index (χ3v) is 3.61. The van der Waals surface area contributed by atoms with Crippen LogP contribution in [0.5, 0.6) is 0 Å². The van der Waals surface area contributed by atoms with Crippen LogP contribution in [0.1, 0.15) is 31.6 Å².